The van der Waals surface area contributed by atoms with Crippen molar-refractivity contribution in [3.8, 4) is 0 Å². The standard InChI is InChI=1S/C13H24N4O/c1-3-8-14-9-12-15-16-13(18-12)17(2)10-11-6-4-5-7-11/h11,14H,3-10H2,1-2H3. The van der Waals surface area contributed by atoms with Crippen LogP contribution in [-0.2, 0) is 6.54 Å². The molecule has 0 atom stereocenters. The molecule has 0 radical (unpaired) electrons. The van der Waals surface area contributed by atoms with E-state index >= 15 is 0 Å². The fourth-order valence-corrected chi connectivity index (χ4v) is 2.50. The number of anilines is 1. The fraction of sp³-hybridized carbons (Fsp3) is 0.846. The Hall–Kier alpha value is -1.10. The third-order valence-electron chi connectivity index (χ3n) is 3.49. The van der Waals surface area contributed by atoms with Crippen molar-refractivity contribution in [1.82, 2.24) is 15.5 Å². The van der Waals surface area contributed by atoms with Gasteiger partial charge in [-0.3, -0.25) is 0 Å². The average molecular weight is 252 g/mol. The first-order chi connectivity index (χ1) is 8.79. The van der Waals surface area contributed by atoms with Crippen LogP contribution in [0.2, 0.25) is 0 Å². The van der Waals surface area contributed by atoms with Gasteiger partial charge in [0.05, 0.1) is 6.54 Å². The van der Waals surface area contributed by atoms with Crippen molar-refractivity contribution >= 4 is 6.01 Å². The van der Waals surface area contributed by atoms with Gasteiger partial charge >= 0.3 is 6.01 Å². The number of aromatic nitrogens is 2. The molecule has 0 bridgehead atoms. The molecule has 5 nitrogen and oxygen atoms in total. The second kappa shape index (κ2) is 6.73. The van der Waals surface area contributed by atoms with E-state index < -0.39 is 0 Å². The summed E-state index contributed by atoms with van der Waals surface area (Å²) in [5, 5.41) is 11.4. The minimum absolute atomic E-state index is 0.648. The number of nitrogens with zero attached hydrogens (tertiary/aromatic N) is 3. The number of hydrogen-bond donors (Lipinski definition) is 1. The molecule has 0 saturated heterocycles. The number of nitrogens with one attached hydrogen (secondary N) is 1. The lowest BCUT2D eigenvalue weighted by Crippen LogP contribution is -2.24. The van der Waals surface area contributed by atoms with Crippen LogP contribution in [-0.4, -0.2) is 30.3 Å². The van der Waals surface area contributed by atoms with E-state index in [9.17, 15) is 0 Å². The summed E-state index contributed by atoms with van der Waals surface area (Å²) >= 11 is 0. The van der Waals surface area contributed by atoms with Crippen LogP contribution in [0, 0.1) is 5.92 Å². The van der Waals surface area contributed by atoms with Gasteiger partial charge in [0.15, 0.2) is 0 Å². The maximum absolute atomic E-state index is 5.64. The molecule has 1 aromatic heterocycles. The van der Waals surface area contributed by atoms with Crippen LogP contribution in [0.4, 0.5) is 6.01 Å². The molecule has 5 heteroatoms. The van der Waals surface area contributed by atoms with Gasteiger partial charge in [0.25, 0.3) is 0 Å². The Morgan fingerprint density at radius 2 is 2.11 bits per heavy atom. The third-order valence-corrected chi connectivity index (χ3v) is 3.49. The maximum atomic E-state index is 5.64. The quantitative estimate of drug-likeness (QED) is 0.754. The highest BCUT2D eigenvalue weighted by Crippen LogP contribution is 2.26. The molecule has 0 aromatic carbocycles. The summed E-state index contributed by atoms with van der Waals surface area (Å²) in [4.78, 5) is 2.09. The fourth-order valence-electron chi connectivity index (χ4n) is 2.50. The second-order valence-corrected chi connectivity index (χ2v) is 5.19. The van der Waals surface area contributed by atoms with Crippen molar-refractivity contribution in [2.24, 2.45) is 5.92 Å². The van der Waals surface area contributed by atoms with Crippen molar-refractivity contribution in [1.29, 1.82) is 0 Å². The summed E-state index contributed by atoms with van der Waals surface area (Å²) in [6, 6.07) is 0.648. The molecule has 18 heavy (non-hydrogen) atoms. The molecule has 102 valence electrons. The first kappa shape index (κ1) is 13.3. The monoisotopic (exact) mass is 252 g/mol. The molecule has 1 fully saturated rings. The SMILES string of the molecule is CCCNCc1nnc(N(C)CC2CCCC2)o1. The van der Waals surface area contributed by atoms with E-state index in [1.807, 2.05) is 7.05 Å². The van der Waals surface area contributed by atoms with Gasteiger partial charge in [-0.25, -0.2) is 0 Å². The average Bonchev–Trinajstić information content (AvgIpc) is 3.00. The summed E-state index contributed by atoms with van der Waals surface area (Å²) in [5.41, 5.74) is 0. The molecule has 0 aliphatic heterocycles. The van der Waals surface area contributed by atoms with Gasteiger partial charge in [-0.05, 0) is 31.7 Å². The van der Waals surface area contributed by atoms with Crippen molar-refractivity contribution in [3.63, 3.8) is 0 Å². The van der Waals surface area contributed by atoms with Gasteiger partial charge in [0.1, 0.15) is 0 Å². The Morgan fingerprint density at radius 3 is 2.83 bits per heavy atom. The highest BCUT2D eigenvalue weighted by molar-refractivity contribution is 5.22. The van der Waals surface area contributed by atoms with E-state index in [0.717, 1.165) is 25.4 Å². The zero-order valence-corrected chi connectivity index (χ0v) is 11.5. The smallest absolute Gasteiger partial charge is 0.317 e. The van der Waals surface area contributed by atoms with Gasteiger partial charge in [0, 0.05) is 13.6 Å². The van der Waals surface area contributed by atoms with Crippen LogP contribution in [0.3, 0.4) is 0 Å². The van der Waals surface area contributed by atoms with Crippen molar-refractivity contribution in [2.45, 2.75) is 45.6 Å². The van der Waals surface area contributed by atoms with Gasteiger partial charge < -0.3 is 14.6 Å². The van der Waals surface area contributed by atoms with Crippen molar-refractivity contribution < 1.29 is 4.42 Å². The molecule has 1 N–H and O–H groups in total. The Balaban J connectivity index is 1.80. The minimum Gasteiger partial charge on any atom is -0.407 e. The Morgan fingerprint density at radius 1 is 1.33 bits per heavy atom. The second-order valence-electron chi connectivity index (χ2n) is 5.19. The Labute approximate surface area is 109 Å². The van der Waals surface area contributed by atoms with Crippen LogP contribution in [0.25, 0.3) is 0 Å². The first-order valence-electron chi connectivity index (χ1n) is 7.04. The van der Waals surface area contributed by atoms with Crippen LogP contribution >= 0.6 is 0 Å². The summed E-state index contributed by atoms with van der Waals surface area (Å²) in [6.07, 6.45) is 6.53. The van der Waals surface area contributed by atoms with Gasteiger partial charge in [-0.15, -0.1) is 5.10 Å². The lowest BCUT2D eigenvalue weighted by Gasteiger charge is -2.18. The molecule has 0 amide bonds. The largest absolute Gasteiger partial charge is 0.407 e. The molecule has 1 aliphatic carbocycles. The van der Waals surface area contributed by atoms with E-state index in [4.69, 9.17) is 4.42 Å². The molecule has 1 saturated carbocycles. The minimum atomic E-state index is 0.648. The molecule has 1 heterocycles. The summed E-state index contributed by atoms with van der Waals surface area (Å²) in [5.74, 6) is 1.47. The molecule has 1 aromatic rings. The van der Waals surface area contributed by atoms with Crippen LogP contribution < -0.4 is 10.2 Å². The van der Waals surface area contributed by atoms with Gasteiger partial charge in [-0.2, -0.15) is 0 Å². The zero-order valence-electron chi connectivity index (χ0n) is 11.5. The Kier molecular flexibility index (Phi) is 4.99. The molecular weight excluding hydrogens is 228 g/mol. The molecule has 0 unspecified atom stereocenters. The van der Waals surface area contributed by atoms with E-state index in [2.05, 4.69) is 27.3 Å². The van der Waals surface area contributed by atoms with Crippen LogP contribution in [0.5, 0.6) is 0 Å². The van der Waals surface area contributed by atoms with E-state index in [1.54, 1.807) is 0 Å². The van der Waals surface area contributed by atoms with E-state index in [0.29, 0.717) is 18.5 Å². The van der Waals surface area contributed by atoms with Gasteiger partial charge in [0.2, 0.25) is 5.89 Å². The summed E-state index contributed by atoms with van der Waals surface area (Å²) in [7, 11) is 2.04. The topological polar surface area (TPSA) is 54.2 Å². The van der Waals surface area contributed by atoms with Crippen molar-refractivity contribution in [2.75, 3.05) is 25.0 Å². The molecule has 0 spiro atoms. The lowest BCUT2D eigenvalue weighted by atomic mass is 10.1. The van der Waals surface area contributed by atoms with E-state index in [-0.39, 0.29) is 0 Å². The maximum Gasteiger partial charge on any atom is 0.317 e. The van der Waals surface area contributed by atoms with Crippen LogP contribution in [0.15, 0.2) is 4.42 Å². The van der Waals surface area contributed by atoms with Crippen molar-refractivity contribution in [3.05, 3.63) is 5.89 Å². The predicted octanol–water partition coefficient (Wildman–Crippen LogP) is 2.20. The summed E-state index contributed by atoms with van der Waals surface area (Å²) in [6.45, 7) is 4.82. The highest BCUT2D eigenvalue weighted by atomic mass is 16.4. The molecule has 1 aliphatic rings. The molecule has 2 rings (SSSR count). The first-order valence-corrected chi connectivity index (χ1v) is 7.04. The van der Waals surface area contributed by atoms with Gasteiger partial charge in [-0.1, -0.05) is 24.9 Å². The van der Waals surface area contributed by atoms with Crippen LogP contribution in [0.1, 0.15) is 44.9 Å². The predicted molar refractivity (Wildman–Crippen MR) is 71.5 cm³/mol. The lowest BCUT2D eigenvalue weighted by molar-refractivity contribution is 0.452. The van der Waals surface area contributed by atoms with E-state index in [1.165, 1.54) is 25.7 Å². The molecular formula is C13H24N4O. The zero-order chi connectivity index (χ0) is 12.8. The number of rotatable bonds is 7. The third kappa shape index (κ3) is 3.70. The normalized spacial score (nSPS) is 16.3. The Bertz CT molecular complexity index is 347. The number of hydrogen-bond acceptors (Lipinski definition) is 5. The highest BCUT2D eigenvalue weighted by Gasteiger charge is 2.19. The summed E-state index contributed by atoms with van der Waals surface area (Å²) < 4.78 is 5.64.